The number of hydrogen-bond acceptors (Lipinski definition) is 6. The van der Waals surface area contributed by atoms with Gasteiger partial charge < -0.3 is 19.5 Å². The van der Waals surface area contributed by atoms with Crippen molar-refractivity contribution in [1.82, 2.24) is 4.98 Å². The summed E-state index contributed by atoms with van der Waals surface area (Å²) in [7, 11) is 3.29. The van der Waals surface area contributed by atoms with Crippen LogP contribution >= 0.6 is 0 Å². The van der Waals surface area contributed by atoms with Gasteiger partial charge in [0.1, 0.15) is 11.3 Å². The Bertz CT molecular complexity index is 760. The first kappa shape index (κ1) is 17.5. The van der Waals surface area contributed by atoms with E-state index in [1.807, 2.05) is 0 Å². The number of carboxylic acid groups (broad SMARTS) is 1. The zero-order valence-corrected chi connectivity index (χ0v) is 13.9. The van der Waals surface area contributed by atoms with Crippen molar-refractivity contribution in [2.24, 2.45) is 0 Å². The molecule has 0 spiro atoms. The first-order chi connectivity index (χ1) is 11.5. The van der Waals surface area contributed by atoms with Crippen LogP contribution in [-0.2, 0) is 9.53 Å². The Hall–Kier alpha value is -2.83. The molecule has 2 aromatic rings. The molecule has 1 aromatic carbocycles. The van der Waals surface area contributed by atoms with Crippen LogP contribution in [0.5, 0.6) is 5.75 Å². The highest BCUT2D eigenvalue weighted by Gasteiger charge is 2.20. The number of carbonyl (C=O) groups excluding carboxylic acids is 1. The van der Waals surface area contributed by atoms with Crippen molar-refractivity contribution in [3.05, 3.63) is 30.0 Å². The topological polar surface area (TPSA) is 89.0 Å². The molecular weight excluding hydrogens is 312 g/mol. The summed E-state index contributed by atoms with van der Waals surface area (Å²) in [6.07, 6.45) is 1.41. The lowest BCUT2D eigenvalue weighted by molar-refractivity contribution is -0.136. The van der Waals surface area contributed by atoms with E-state index in [9.17, 15) is 9.59 Å². The standard InChI is InChI=1S/C17H20N2O5/c1-4-24-17(22)13-10-18-14-6-5-11(23-3)9-12(14)16(13)19(2)8-7-15(20)21/h5-6,9-10H,4,7-8H2,1-3H3,(H,20,21). The molecule has 0 aliphatic heterocycles. The lowest BCUT2D eigenvalue weighted by atomic mass is 10.1. The molecule has 0 radical (unpaired) electrons. The number of anilines is 1. The zero-order chi connectivity index (χ0) is 17.7. The Morgan fingerprint density at radius 3 is 2.71 bits per heavy atom. The molecule has 0 aliphatic carbocycles. The van der Waals surface area contributed by atoms with Gasteiger partial charge >= 0.3 is 11.9 Å². The Morgan fingerprint density at radius 1 is 1.33 bits per heavy atom. The quantitative estimate of drug-likeness (QED) is 0.778. The van der Waals surface area contributed by atoms with Gasteiger partial charge in [-0.2, -0.15) is 0 Å². The van der Waals surface area contributed by atoms with Crippen LogP contribution in [0.2, 0.25) is 0 Å². The van der Waals surface area contributed by atoms with Gasteiger partial charge in [-0.1, -0.05) is 0 Å². The summed E-state index contributed by atoms with van der Waals surface area (Å²) in [6.45, 7) is 2.22. The Balaban J connectivity index is 2.60. The van der Waals surface area contributed by atoms with Crippen LogP contribution in [0.1, 0.15) is 23.7 Å². The van der Waals surface area contributed by atoms with Gasteiger partial charge in [0.25, 0.3) is 0 Å². The van der Waals surface area contributed by atoms with Crippen molar-refractivity contribution in [2.45, 2.75) is 13.3 Å². The molecule has 0 saturated heterocycles. The number of methoxy groups -OCH3 is 1. The number of carboxylic acids is 1. The molecule has 0 amide bonds. The molecule has 0 saturated carbocycles. The number of carbonyl (C=O) groups is 2. The minimum absolute atomic E-state index is 0.0491. The molecule has 128 valence electrons. The molecule has 7 heteroatoms. The minimum atomic E-state index is -0.907. The number of pyridine rings is 1. The lowest BCUT2D eigenvalue weighted by Crippen LogP contribution is -2.24. The molecular formula is C17H20N2O5. The maximum atomic E-state index is 12.3. The van der Waals surface area contributed by atoms with Crippen molar-refractivity contribution in [2.75, 3.05) is 32.2 Å². The minimum Gasteiger partial charge on any atom is -0.497 e. The van der Waals surface area contributed by atoms with E-state index < -0.39 is 11.9 Å². The van der Waals surface area contributed by atoms with Gasteiger partial charge in [-0.25, -0.2) is 4.79 Å². The van der Waals surface area contributed by atoms with Gasteiger partial charge in [-0.05, 0) is 25.1 Å². The normalized spacial score (nSPS) is 10.5. The average Bonchev–Trinajstić information content (AvgIpc) is 2.58. The van der Waals surface area contributed by atoms with E-state index in [4.69, 9.17) is 14.6 Å². The van der Waals surface area contributed by atoms with E-state index >= 15 is 0 Å². The van der Waals surface area contributed by atoms with Crippen LogP contribution in [0.25, 0.3) is 10.9 Å². The fraction of sp³-hybridized carbons (Fsp3) is 0.353. The fourth-order valence-corrected chi connectivity index (χ4v) is 2.43. The summed E-state index contributed by atoms with van der Waals surface area (Å²) in [4.78, 5) is 29.2. The van der Waals surface area contributed by atoms with Gasteiger partial charge in [-0.15, -0.1) is 0 Å². The van der Waals surface area contributed by atoms with E-state index in [0.717, 1.165) is 0 Å². The summed E-state index contributed by atoms with van der Waals surface area (Å²) in [6, 6.07) is 5.34. The largest absolute Gasteiger partial charge is 0.497 e. The van der Waals surface area contributed by atoms with Crippen LogP contribution < -0.4 is 9.64 Å². The molecule has 1 heterocycles. The number of aromatic nitrogens is 1. The van der Waals surface area contributed by atoms with Crippen LogP contribution in [-0.4, -0.2) is 49.3 Å². The molecule has 0 bridgehead atoms. The van der Waals surface area contributed by atoms with Crippen molar-refractivity contribution in [3.8, 4) is 5.75 Å². The third kappa shape index (κ3) is 3.73. The highest BCUT2D eigenvalue weighted by atomic mass is 16.5. The molecule has 0 unspecified atom stereocenters. The van der Waals surface area contributed by atoms with Crippen LogP contribution in [0, 0.1) is 0 Å². The molecule has 0 fully saturated rings. The zero-order valence-electron chi connectivity index (χ0n) is 13.9. The smallest absolute Gasteiger partial charge is 0.341 e. The number of nitrogens with zero attached hydrogens (tertiary/aromatic N) is 2. The van der Waals surface area contributed by atoms with Crippen molar-refractivity contribution >= 4 is 28.5 Å². The van der Waals surface area contributed by atoms with Gasteiger partial charge in [-0.3, -0.25) is 9.78 Å². The summed E-state index contributed by atoms with van der Waals surface area (Å²) in [5, 5.41) is 9.62. The molecule has 0 atom stereocenters. The van der Waals surface area contributed by atoms with Gasteiger partial charge in [0.15, 0.2) is 0 Å². The first-order valence-electron chi connectivity index (χ1n) is 7.54. The highest BCUT2D eigenvalue weighted by Crippen LogP contribution is 2.32. The molecule has 2 rings (SSSR count). The SMILES string of the molecule is CCOC(=O)c1cnc2ccc(OC)cc2c1N(C)CCC(=O)O. The number of rotatable bonds is 7. The summed E-state index contributed by atoms with van der Waals surface area (Å²) < 4.78 is 10.3. The van der Waals surface area contributed by atoms with Crippen LogP contribution in [0.3, 0.4) is 0 Å². The van der Waals surface area contributed by atoms with Crippen LogP contribution in [0.4, 0.5) is 5.69 Å². The number of benzene rings is 1. The third-order valence-electron chi connectivity index (χ3n) is 3.58. The maximum absolute atomic E-state index is 12.3. The number of esters is 1. The Kier molecular flexibility index (Phi) is 5.57. The third-order valence-corrected chi connectivity index (χ3v) is 3.58. The van der Waals surface area contributed by atoms with Crippen molar-refractivity contribution < 1.29 is 24.2 Å². The summed E-state index contributed by atoms with van der Waals surface area (Å²) >= 11 is 0. The molecule has 1 aromatic heterocycles. The first-order valence-corrected chi connectivity index (χ1v) is 7.54. The van der Waals surface area contributed by atoms with Crippen molar-refractivity contribution in [1.29, 1.82) is 0 Å². The van der Waals surface area contributed by atoms with Crippen molar-refractivity contribution in [3.63, 3.8) is 0 Å². The van der Waals surface area contributed by atoms with E-state index in [0.29, 0.717) is 27.9 Å². The molecule has 7 nitrogen and oxygen atoms in total. The number of aliphatic carboxylic acids is 1. The second-order valence-corrected chi connectivity index (χ2v) is 5.19. The summed E-state index contributed by atoms with van der Waals surface area (Å²) in [5.41, 5.74) is 1.56. The highest BCUT2D eigenvalue weighted by molar-refractivity contribution is 6.05. The van der Waals surface area contributed by atoms with E-state index in [1.54, 1.807) is 44.2 Å². The van der Waals surface area contributed by atoms with Gasteiger partial charge in [0, 0.05) is 25.2 Å². The van der Waals surface area contributed by atoms with E-state index in [-0.39, 0.29) is 19.6 Å². The van der Waals surface area contributed by atoms with E-state index in [1.165, 1.54) is 6.20 Å². The molecule has 24 heavy (non-hydrogen) atoms. The summed E-state index contributed by atoms with van der Waals surface area (Å²) in [5.74, 6) is -0.777. The second kappa shape index (κ2) is 7.63. The average molecular weight is 332 g/mol. The predicted molar refractivity (Wildman–Crippen MR) is 89.8 cm³/mol. The van der Waals surface area contributed by atoms with Crippen LogP contribution in [0.15, 0.2) is 24.4 Å². The lowest BCUT2D eigenvalue weighted by Gasteiger charge is -2.23. The maximum Gasteiger partial charge on any atom is 0.341 e. The second-order valence-electron chi connectivity index (χ2n) is 5.19. The monoisotopic (exact) mass is 332 g/mol. The number of hydrogen-bond donors (Lipinski definition) is 1. The van der Waals surface area contributed by atoms with E-state index in [2.05, 4.69) is 4.98 Å². The number of fused-ring (bicyclic) bond motifs is 1. The molecule has 0 aliphatic rings. The molecule has 1 N–H and O–H groups in total. The Morgan fingerprint density at radius 2 is 2.08 bits per heavy atom. The Labute approximate surface area is 139 Å². The fourth-order valence-electron chi connectivity index (χ4n) is 2.43. The predicted octanol–water partition coefficient (Wildman–Crippen LogP) is 2.33. The van der Waals surface area contributed by atoms with Gasteiger partial charge in [0.2, 0.25) is 0 Å². The van der Waals surface area contributed by atoms with Gasteiger partial charge in [0.05, 0.1) is 31.3 Å². The number of ether oxygens (including phenoxy) is 2.